The Bertz CT molecular complexity index is 565. The maximum Gasteiger partial charge on any atom is 0.263 e. The number of halogens is 2. The van der Waals surface area contributed by atoms with E-state index in [0.29, 0.717) is 11.3 Å². The van der Waals surface area contributed by atoms with E-state index in [2.05, 4.69) is 10.2 Å². The van der Waals surface area contributed by atoms with E-state index in [1.165, 1.54) is 24.3 Å². The molecule has 1 heterocycles. The van der Waals surface area contributed by atoms with E-state index >= 15 is 0 Å². The van der Waals surface area contributed by atoms with E-state index in [1.54, 1.807) is 12.1 Å². The summed E-state index contributed by atoms with van der Waals surface area (Å²) in [5.41, 5.74) is 1.64. The number of rotatable bonds is 4. The van der Waals surface area contributed by atoms with Crippen molar-refractivity contribution in [3.63, 3.8) is 0 Å². The minimum atomic E-state index is -2.52. The Morgan fingerprint density at radius 2 is 1.79 bits per heavy atom. The van der Waals surface area contributed by atoms with Crippen LogP contribution in [-0.2, 0) is 6.42 Å². The molecule has 19 heavy (non-hydrogen) atoms. The third kappa shape index (κ3) is 3.40. The number of Topliss-reactive ketones (excluding diaryl/α,β-unsaturated/α-hetero) is 1. The Kier molecular flexibility index (Phi) is 3.94. The van der Waals surface area contributed by atoms with E-state index in [9.17, 15) is 13.6 Å². The SMILES string of the molecule is Cc1ccc(CC(=O)c2ccc(C(F)F)cc2)nn1. The number of nitrogens with zero attached hydrogens (tertiary/aromatic N) is 2. The van der Waals surface area contributed by atoms with Crippen LogP contribution < -0.4 is 0 Å². The second-order valence-corrected chi connectivity index (χ2v) is 4.19. The molecule has 5 heteroatoms. The van der Waals surface area contributed by atoms with Crippen molar-refractivity contribution in [1.29, 1.82) is 0 Å². The van der Waals surface area contributed by atoms with Crippen LogP contribution in [0.5, 0.6) is 0 Å². The van der Waals surface area contributed by atoms with Crippen LogP contribution in [0.15, 0.2) is 36.4 Å². The number of carbonyl (C=O) groups is 1. The smallest absolute Gasteiger partial charge is 0.263 e. The van der Waals surface area contributed by atoms with Crippen LogP contribution in [0.2, 0.25) is 0 Å². The summed E-state index contributed by atoms with van der Waals surface area (Å²) >= 11 is 0. The average Bonchev–Trinajstić information content (AvgIpc) is 2.41. The van der Waals surface area contributed by atoms with Gasteiger partial charge in [-0.05, 0) is 19.1 Å². The molecule has 0 fully saturated rings. The molecule has 0 N–H and O–H groups in total. The van der Waals surface area contributed by atoms with Gasteiger partial charge in [-0.3, -0.25) is 4.79 Å². The Balaban J connectivity index is 2.09. The molecule has 0 atom stereocenters. The fourth-order valence-corrected chi connectivity index (χ4v) is 1.60. The average molecular weight is 262 g/mol. The van der Waals surface area contributed by atoms with Gasteiger partial charge in [0.05, 0.1) is 17.8 Å². The van der Waals surface area contributed by atoms with Crippen molar-refractivity contribution >= 4 is 5.78 Å². The van der Waals surface area contributed by atoms with Gasteiger partial charge in [0.1, 0.15) is 0 Å². The molecule has 0 radical (unpaired) electrons. The summed E-state index contributed by atoms with van der Waals surface area (Å²) in [6, 6.07) is 8.84. The summed E-state index contributed by atoms with van der Waals surface area (Å²) < 4.78 is 24.8. The van der Waals surface area contributed by atoms with E-state index in [1.807, 2.05) is 6.92 Å². The van der Waals surface area contributed by atoms with Crippen LogP contribution >= 0.6 is 0 Å². The van der Waals surface area contributed by atoms with Gasteiger partial charge in [-0.15, -0.1) is 0 Å². The molecule has 3 nitrogen and oxygen atoms in total. The molecule has 2 aromatic rings. The first-order chi connectivity index (χ1) is 9.06. The first-order valence-corrected chi connectivity index (χ1v) is 5.77. The number of hydrogen-bond donors (Lipinski definition) is 0. The maximum absolute atomic E-state index is 12.4. The number of carbonyl (C=O) groups excluding carboxylic acids is 1. The highest BCUT2D eigenvalue weighted by Crippen LogP contribution is 2.19. The zero-order valence-corrected chi connectivity index (χ0v) is 10.3. The summed E-state index contributed by atoms with van der Waals surface area (Å²) in [6.07, 6.45) is -2.41. The lowest BCUT2D eigenvalue weighted by Gasteiger charge is -2.03. The fraction of sp³-hybridized carbons (Fsp3) is 0.214. The molecule has 0 bridgehead atoms. The van der Waals surface area contributed by atoms with E-state index < -0.39 is 6.43 Å². The molecular weight excluding hydrogens is 250 g/mol. The van der Waals surface area contributed by atoms with Crippen LogP contribution in [0.25, 0.3) is 0 Å². The molecule has 0 amide bonds. The lowest BCUT2D eigenvalue weighted by atomic mass is 10.0. The molecular formula is C14H12F2N2O. The number of ketones is 1. The van der Waals surface area contributed by atoms with Crippen molar-refractivity contribution < 1.29 is 13.6 Å². The summed E-state index contributed by atoms with van der Waals surface area (Å²) in [5.74, 6) is -0.168. The summed E-state index contributed by atoms with van der Waals surface area (Å²) in [4.78, 5) is 11.9. The fourth-order valence-electron chi connectivity index (χ4n) is 1.60. The minimum Gasteiger partial charge on any atom is -0.294 e. The first-order valence-electron chi connectivity index (χ1n) is 5.77. The Morgan fingerprint density at radius 3 is 2.32 bits per heavy atom. The van der Waals surface area contributed by atoms with Gasteiger partial charge in [0, 0.05) is 11.1 Å². The van der Waals surface area contributed by atoms with Crippen molar-refractivity contribution in [3.05, 3.63) is 58.9 Å². The van der Waals surface area contributed by atoms with Crippen LogP contribution in [-0.4, -0.2) is 16.0 Å². The third-order valence-corrected chi connectivity index (χ3v) is 2.68. The molecule has 0 aliphatic heterocycles. The van der Waals surface area contributed by atoms with Gasteiger partial charge < -0.3 is 0 Å². The predicted octanol–water partition coefficient (Wildman–Crippen LogP) is 3.15. The molecule has 0 aliphatic carbocycles. The first kappa shape index (κ1) is 13.3. The van der Waals surface area contributed by atoms with Crippen molar-refractivity contribution in [2.45, 2.75) is 19.8 Å². The monoisotopic (exact) mass is 262 g/mol. The van der Waals surface area contributed by atoms with Gasteiger partial charge in [-0.1, -0.05) is 24.3 Å². The molecule has 0 saturated carbocycles. The van der Waals surface area contributed by atoms with Crippen LogP contribution in [0, 0.1) is 6.92 Å². The standard InChI is InChI=1S/C14H12F2N2O/c1-9-2-7-12(18-17-9)8-13(19)10-3-5-11(6-4-10)14(15)16/h2-7,14H,8H2,1H3. The topological polar surface area (TPSA) is 42.9 Å². The Morgan fingerprint density at radius 1 is 1.11 bits per heavy atom. The van der Waals surface area contributed by atoms with Gasteiger partial charge in [0.25, 0.3) is 6.43 Å². The number of aromatic nitrogens is 2. The van der Waals surface area contributed by atoms with Gasteiger partial charge in [-0.25, -0.2) is 8.78 Å². The molecule has 98 valence electrons. The second-order valence-electron chi connectivity index (χ2n) is 4.19. The second kappa shape index (κ2) is 5.65. The lowest BCUT2D eigenvalue weighted by Crippen LogP contribution is -2.06. The summed E-state index contributed by atoms with van der Waals surface area (Å²) in [7, 11) is 0. The maximum atomic E-state index is 12.4. The molecule has 2 rings (SSSR count). The highest BCUT2D eigenvalue weighted by atomic mass is 19.3. The van der Waals surface area contributed by atoms with Gasteiger partial charge in [-0.2, -0.15) is 10.2 Å². The van der Waals surface area contributed by atoms with E-state index in [4.69, 9.17) is 0 Å². The lowest BCUT2D eigenvalue weighted by molar-refractivity contribution is 0.0991. The van der Waals surface area contributed by atoms with Crippen LogP contribution in [0.4, 0.5) is 8.78 Å². The van der Waals surface area contributed by atoms with Crippen LogP contribution in [0.3, 0.4) is 0 Å². The Hall–Kier alpha value is -2.17. The molecule has 1 aromatic heterocycles. The molecule has 0 saturated heterocycles. The largest absolute Gasteiger partial charge is 0.294 e. The quantitative estimate of drug-likeness (QED) is 0.795. The van der Waals surface area contributed by atoms with E-state index in [-0.39, 0.29) is 17.8 Å². The van der Waals surface area contributed by atoms with Gasteiger partial charge >= 0.3 is 0 Å². The van der Waals surface area contributed by atoms with Crippen molar-refractivity contribution in [2.24, 2.45) is 0 Å². The highest BCUT2D eigenvalue weighted by molar-refractivity contribution is 5.97. The summed E-state index contributed by atoms with van der Waals surface area (Å²) in [5, 5.41) is 7.76. The predicted molar refractivity (Wildman–Crippen MR) is 66.2 cm³/mol. The third-order valence-electron chi connectivity index (χ3n) is 2.68. The summed E-state index contributed by atoms with van der Waals surface area (Å²) in [6.45, 7) is 1.81. The number of hydrogen-bond acceptors (Lipinski definition) is 3. The van der Waals surface area contributed by atoms with Crippen molar-refractivity contribution in [2.75, 3.05) is 0 Å². The number of benzene rings is 1. The minimum absolute atomic E-state index is 0.0910. The Labute approximate surface area is 109 Å². The molecule has 0 aliphatic rings. The highest BCUT2D eigenvalue weighted by Gasteiger charge is 2.11. The van der Waals surface area contributed by atoms with Crippen LogP contribution in [0.1, 0.15) is 33.7 Å². The van der Waals surface area contributed by atoms with Gasteiger partial charge in [0.2, 0.25) is 0 Å². The zero-order chi connectivity index (χ0) is 13.8. The van der Waals surface area contributed by atoms with Gasteiger partial charge in [0.15, 0.2) is 5.78 Å². The zero-order valence-electron chi connectivity index (χ0n) is 10.3. The number of alkyl halides is 2. The normalized spacial score (nSPS) is 10.7. The number of aryl methyl sites for hydroxylation is 1. The van der Waals surface area contributed by atoms with Crippen molar-refractivity contribution in [3.8, 4) is 0 Å². The van der Waals surface area contributed by atoms with Crippen molar-refractivity contribution in [1.82, 2.24) is 10.2 Å². The molecule has 1 aromatic carbocycles. The molecule has 0 spiro atoms. The van der Waals surface area contributed by atoms with E-state index in [0.717, 1.165) is 5.69 Å². The molecule has 0 unspecified atom stereocenters.